The lowest BCUT2D eigenvalue weighted by Gasteiger charge is -2.17. The van der Waals surface area contributed by atoms with Gasteiger partial charge in [0.1, 0.15) is 5.01 Å². The predicted molar refractivity (Wildman–Crippen MR) is 75.5 cm³/mol. The van der Waals surface area contributed by atoms with Crippen LogP contribution in [-0.2, 0) is 11.3 Å². The van der Waals surface area contributed by atoms with Crippen molar-refractivity contribution in [1.29, 1.82) is 0 Å². The molecule has 5 heteroatoms. The van der Waals surface area contributed by atoms with Crippen molar-refractivity contribution < 1.29 is 4.79 Å². The Labute approximate surface area is 113 Å². The van der Waals surface area contributed by atoms with E-state index in [2.05, 4.69) is 24.1 Å². The Bertz CT molecular complexity index is 389. The molecule has 0 saturated carbocycles. The first-order valence-electron chi connectivity index (χ1n) is 6.43. The average Bonchev–Trinajstić information content (AvgIpc) is 2.82. The Morgan fingerprint density at radius 1 is 1.50 bits per heavy atom. The van der Waals surface area contributed by atoms with Crippen LogP contribution in [0.4, 0.5) is 0 Å². The second-order valence-corrected chi connectivity index (χ2v) is 5.89. The van der Waals surface area contributed by atoms with Gasteiger partial charge in [-0.15, -0.1) is 11.3 Å². The number of nitrogens with one attached hydrogen (secondary N) is 1. The van der Waals surface area contributed by atoms with Crippen molar-refractivity contribution in [1.82, 2.24) is 10.3 Å². The van der Waals surface area contributed by atoms with Crippen LogP contribution >= 0.6 is 11.3 Å². The molecule has 0 spiro atoms. The van der Waals surface area contributed by atoms with Crippen molar-refractivity contribution in [3.8, 4) is 0 Å². The van der Waals surface area contributed by atoms with Gasteiger partial charge in [-0.3, -0.25) is 4.79 Å². The van der Waals surface area contributed by atoms with E-state index < -0.39 is 6.04 Å². The van der Waals surface area contributed by atoms with Crippen LogP contribution in [0.2, 0.25) is 0 Å². The van der Waals surface area contributed by atoms with Crippen molar-refractivity contribution in [3.05, 3.63) is 16.1 Å². The zero-order chi connectivity index (χ0) is 13.7. The van der Waals surface area contributed by atoms with E-state index in [1.54, 1.807) is 11.3 Å². The standard InChI is InChI=1S/C13H23N3OS/c1-5-9(4)12(14)13(17)15-6-11-16-10(7-18-11)8(2)3/h7-9,12H,5-6,14H2,1-4H3,(H,15,17). The van der Waals surface area contributed by atoms with E-state index in [1.165, 1.54) is 0 Å². The quantitative estimate of drug-likeness (QED) is 0.832. The first-order chi connectivity index (χ1) is 8.45. The van der Waals surface area contributed by atoms with Crippen LogP contribution in [0.1, 0.15) is 50.7 Å². The van der Waals surface area contributed by atoms with Crippen molar-refractivity contribution in [2.45, 2.75) is 52.6 Å². The Kier molecular flexibility index (Phi) is 5.75. The Balaban J connectivity index is 2.47. The topological polar surface area (TPSA) is 68.0 Å². The molecule has 1 aromatic heterocycles. The molecule has 4 nitrogen and oxygen atoms in total. The van der Waals surface area contributed by atoms with E-state index in [-0.39, 0.29) is 11.8 Å². The van der Waals surface area contributed by atoms with Gasteiger partial charge < -0.3 is 11.1 Å². The van der Waals surface area contributed by atoms with Crippen molar-refractivity contribution in [3.63, 3.8) is 0 Å². The molecule has 0 aliphatic carbocycles. The SMILES string of the molecule is CCC(C)C(N)C(=O)NCc1nc(C(C)C)cs1. The fourth-order valence-electron chi connectivity index (χ4n) is 1.46. The Hall–Kier alpha value is -0.940. The van der Waals surface area contributed by atoms with Gasteiger partial charge >= 0.3 is 0 Å². The van der Waals surface area contributed by atoms with Gasteiger partial charge in [-0.2, -0.15) is 0 Å². The summed E-state index contributed by atoms with van der Waals surface area (Å²) in [7, 11) is 0. The van der Waals surface area contributed by atoms with Gasteiger partial charge in [0.2, 0.25) is 5.91 Å². The zero-order valence-electron chi connectivity index (χ0n) is 11.6. The number of nitrogens with zero attached hydrogens (tertiary/aromatic N) is 1. The van der Waals surface area contributed by atoms with Gasteiger partial charge in [0.05, 0.1) is 18.3 Å². The fraction of sp³-hybridized carbons (Fsp3) is 0.692. The lowest BCUT2D eigenvalue weighted by atomic mass is 9.99. The normalized spacial score (nSPS) is 14.6. The van der Waals surface area contributed by atoms with E-state index in [4.69, 9.17) is 5.73 Å². The van der Waals surface area contributed by atoms with Crippen LogP contribution in [0, 0.1) is 5.92 Å². The molecule has 0 saturated heterocycles. The van der Waals surface area contributed by atoms with E-state index in [0.29, 0.717) is 12.5 Å². The van der Waals surface area contributed by atoms with Crippen molar-refractivity contribution >= 4 is 17.2 Å². The minimum Gasteiger partial charge on any atom is -0.348 e. The molecule has 0 bridgehead atoms. The first kappa shape index (κ1) is 15.1. The largest absolute Gasteiger partial charge is 0.348 e. The molecule has 2 unspecified atom stereocenters. The number of aromatic nitrogens is 1. The highest BCUT2D eigenvalue weighted by Gasteiger charge is 2.19. The van der Waals surface area contributed by atoms with Crippen molar-refractivity contribution in [2.24, 2.45) is 11.7 Å². The molecule has 18 heavy (non-hydrogen) atoms. The molecule has 0 fully saturated rings. The lowest BCUT2D eigenvalue weighted by molar-refractivity contribution is -0.123. The van der Waals surface area contributed by atoms with Crippen LogP contribution in [0.15, 0.2) is 5.38 Å². The predicted octanol–water partition coefficient (Wildman–Crippen LogP) is 2.26. The molecule has 1 amide bonds. The lowest BCUT2D eigenvalue weighted by Crippen LogP contribution is -2.44. The number of carbonyl (C=O) groups is 1. The Morgan fingerprint density at radius 3 is 2.67 bits per heavy atom. The minimum atomic E-state index is -0.431. The number of rotatable bonds is 6. The van der Waals surface area contributed by atoms with Crippen LogP contribution in [0.25, 0.3) is 0 Å². The minimum absolute atomic E-state index is 0.0920. The summed E-state index contributed by atoms with van der Waals surface area (Å²) in [6, 6.07) is -0.431. The first-order valence-corrected chi connectivity index (χ1v) is 7.31. The maximum atomic E-state index is 11.8. The Morgan fingerprint density at radius 2 is 2.17 bits per heavy atom. The smallest absolute Gasteiger partial charge is 0.237 e. The third-order valence-electron chi connectivity index (χ3n) is 3.13. The third-order valence-corrected chi connectivity index (χ3v) is 4.00. The summed E-state index contributed by atoms with van der Waals surface area (Å²) in [6.45, 7) is 8.71. The van der Waals surface area contributed by atoms with Gasteiger partial charge in [0.25, 0.3) is 0 Å². The van der Waals surface area contributed by atoms with Crippen LogP contribution in [0.5, 0.6) is 0 Å². The summed E-state index contributed by atoms with van der Waals surface area (Å²) in [5.41, 5.74) is 6.94. The fourth-order valence-corrected chi connectivity index (χ4v) is 2.36. The third kappa shape index (κ3) is 4.07. The van der Waals surface area contributed by atoms with Crippen LogP contribution in [-0.4, -0.2) is 16.9 Å². The maximum absolute atomic E-state index is 11.8. The summed E-state index contributed by atoms with van der Waals surface area (Å²) in [4.78, 5) is 16.3. The highest BCUT2D eigenvalue weighted by atomic mass is 32.1. The van der Waals surface area contributed by atoms with Gasteiger partial charge in [0.15, 0.2) is 0 Å². The molecule has 3 N–H and O–H groups in total. The molecule has 1 rings (SSSR count). The number of hydrogen-bond donors (Lipinski definition) is 2. The maximum Gasteiger partial charge on any atom is 0.237 e. The highest BCUT2D eigenvalue weighted by Crippen LogP contribution is 2.17. The second-order valence-electron chi connectivity index (χ2n) is 4.95. The molecule has 0 aliphatic heterocycles. The summed E-state index contributed by atoms with van der Waals surface area (Å²) in [5.74, 6) is 0.534. The molecular weight excluding hydrogens is 246 g/mol. The van der Waals surface area contributed by atoms with E-state index in [0.717, 1.165) is 17.1 Å². The molecule has 1 heterocycles. The van der Waals surface area contributed by atoms with E-state index >= 15 is 0 Å². The molecule has 0 aliphatic rings. The van der Waals surface area contributed by atoms with Gasteiger partial charge in [-0.25, -0.2) is 4.98 Å². The highest BCUT2D eigenvalue weighted by molar-refractivity contribution is 7.09. The van der Waals surface area contributed by atoms with E-state index in [1.807, 2.05) is 19.2 Å². The molecular formula is C13H23N3OS. The molecule has 0 radical (unpaired) electrons. The monoisotopic (exact) mass is 269 g/mol. The number of carbonyl (C=O) groups excluding carboxylic acids is 1. The van der Waals surface area contributed by atoms with Crippen molar-refractivity contribution in [2.75, 3.05) is 0 Å². The zero-order valence-corrected chi connectivity index (χ0v) is 12.4. The summed E-state index contributed by atoms with van der Waals surface area (Å²) >= 11 is 1.58. The summed E-state index contributed by atoms with van der Waals surface area (Å²) in [6.07, 6.45) is 0.906. The molecule has 1 aromatic rings. The van der Waals surface area contributed by atoms with Crippen LogP contribution in [0.3, 0.4) is 0 Å². The number of thiazole rings is 1. The van der Waals surface area contributed by atoms with Gasteiger partial charge in [0, 0.05) is 5.38 Å². The summed E-state index contributed by atoms with van der Waals surface area (Å²) < 4.78 is 0. The summed E-state index contributed by atoms with van der Waals surface area (Å²) in [5, 5.41) is 5.83. The molecule has 0 aromatic carbocycles. The van der Waals surface area contributed by atoms with E-state index in [9.17, 15) is 4.79 Å². The number of amides is 1. The molecule has 102 valence electrons. The number of nitrogens with two attached hydrogens (primary N) is 1. The second kappa shape index (κ2) is 6.85. The molecule has 2 atom stereocenters. The van der Waals surface area contributed by atoms with Crippen LogP contribution < -0.4 is 11.1 Å². The number of hydrogen-bond acceptors (Lipinski definition) is 4. The average molecular weight is 269 g/mol. The van der Waals surface area contributed by atoms with Gasteiger partial charge in [-0.05, 0) is 11.8 Å². The van der Waals surface area contributed by atoms with Gasteiger partial charge in [-0.1, -0.05) is 34.1 Å².